The van der Waals surface area contributed by atoms with Gasteiger partial charge in [-0.15, -0.1) is 0 Å². The van der Waals surface area contributed by atoms with E-state index >= 15 is 0 Å². The van der Waals surface area contributed by atoms with E-state index in [2.05, 4.69) is 0 Å². The standard InChI is InChI=1S/C9H10O2.Na.H/c1-7(9(10)11)8-5-3-2-4-6-8;;/h2-7H,1H3,(H,10,11);;/q;+1;-1. The van der Waals surface area contributed by atoms with Crippen LogP contribution in [0.2, 0.25) is 0 Å². The van der Waals surface area contributed by atoms with E-state index in [1.165, 1.54) is 0 Å². The topological polar surface area (TPSA) is 37.3 Å². The zero-order valence-corrected chi connectivity index (χ0v) is 9.32. The third kappa shape index (κ3) is 2.97. The van der Waals surface area contributed by atoms with Gasteiger partial charge in [-0.3, -0.25) is 4.79 Å². The minimum absolute atomic E-state index is 0. The molecule has 0 radical (unpaired) electrons. The van der Waals surface area contributed by atoms with E-state index in [0.717, 1.165) is 5.56 Å². The van der Waals surface area contributed by atoms with Crippen LogP contribution < -0.4 is 29.6 Å². The molecule has 1 unspecified atom stereocenters. The third-order valence-corrected chi connectivity index (χ3v) is 1.67. The summed E-state index contributed by atoms with van der Waals surface area (Å²) >= 11 is 0. The average Bonchev–Trinajstić information content (AvgIpc) is 2.05. The van der Waals surface area contributed by atoms with E-state index in [9.17, 15) is 4.79 Å². The van der Waals surface area contributed by atoms with E-state index < -0.39 is 11.9 Å². The molecule has 0 aliphatic rings. The molecule has 0 saturated heterocycles. The number of carbonyl (C=O) groups is 1. The maximum Gasteiger partial charge on any atom is 1.00 e. The van der Waals surface area contributed by atoms with E-state index in [1.54, 1.807) is 6.92 Å². The number of benzene rings is 1. The Morgan fingerprint density at radius 2 is 1.92 bits per heavy atom. The van der Waals surface area contributed by atoms with E-state index in [4.69, 9.17) is 5.11 Å². The van der Waals surface area contributed by atoms with E-state index in [-0.39, 0.29) is 31.0 Å². The minimum atomic E-state index is -0.781. The molecule has 0 aliphatic heterocycles. The minimum Gasteiger partial charge on any atom is -1.00 e. The summed E-state index contributed by atoms with van der Waals surface area (Å²) in [4.78, 5) is 10.5. The van der Waals surface area contributed by atoms with Crippen molar-refractivity contribution in [2.45, 2.75) is 12.8 Å². The molecular weight excluding hydrogens is 163 g/mol. The van der Waals surface area contributed by atoms with Crippen molar-refractivity contribution < 1.29 is 40.9 Å². The van der Waals surface area contributed by atoms with Crippen LogP contribution >= 0.6 is 0 Å². The Balaban J connectivity index is 0. The quantitative estimate of drug-likeness (QED) is 0.583. The number of hydrogen-bond donors (Lipinski definition) is 1. The first-order valence-electron chi connectivity index (χ1n) is 3.49. The second kappa shape index (κ2) is 5.36. The predicted molar refractivity (Wildman–Crippen MR) is 43.6 cm³/mol. The molecule has 2 nitrogen and oxygen atoms in total. The predicted octanol–water partition coefficient (Wildman–Crippen LogP) is -1.01. The van der Waals surface area contributed by atoms with Crippen molar-refractivity contribution in [1.82, 2.24) is 0 Å². The van der Waals surface area contributed by atoms with Gasteiger partial charge in [0.05, 0.1) is 5.92 Å². The van der Waals surface area contributed by atoms with Gasteiger partial charge in [0.15, 0.2) is 0 Å². The van der Waals surface area contributed by atoms with Crippen molar-refractivity contribution in [1.29, 1.82) is 0 Å². The van der Waals surface area contributed by atoms with Crippen molar-refractivity contribution in [2.75, 3.05) is 0 Å². The van der Waals surface area contributed by atoms with Crippen molar-refractivity contribution in [3.8, 4) is 0 Å². The van der Waals surface area contributed by atoms with Crippen molar-refractivity contribution in [3.63, 3.8) is 0 Å². The molecule has 12 heavy (non-hydrogen) atoms. The van der Waals surface area contributed by atoms with Gasteiger partial charge in [0.25, 0.3) is 0 Å². The summed E-state index contributed by atoms with van der Waals surface area (Å²) in [5.41, 5.74) is 0.847. The molecule has 1 N–H and O–H groups in total. The molecular formula is C9H11NaO2. The van der Waals surface area contributed by atoms with Gasteiger partial charge in [0, 0.05) is 0 Å². The fourth-order valence-corrected chi connectivity index (χ4v) is 0.884. The van der Waals surface area contributed by atoms with E-state index in [0.29, 0.717) is 0 Å². The average molecular weight is 174 g/mol. The molecule has 1 aromatic carbocycles. The number of carboxylic acid groups (broad SMARTS) is 1. The maximum atomic E-state index is 10.5. The second-order valence-electron chi connectivity index (χ2n) is 2.47. The molecule has 0 fully saturated rings. The van der Waals surface area contributed by atoms with Gasteiger partial charge in [0.1, 0.15) is 0 Å². The second-order valence-corrected chi connectivity index (χ2v) is 2.47. The summed E-state index contributed by atoms with van der Waals surface area (Å²) in [6, 6.07) is 9.19. The van der Waals surface area contributed by atoms with Crippen molar-refractivity contribution >= 4 is 5.97 Å². The van der Waals surface area contributed by atoms with Crippen LogP contribution in [0.4, 0.5) is 0 Å². The first-order valence-corrected chi connectivity index (χ1v) is 3.49. The first-order chi connectivity index (χ1) is 5.22. The Hall–Kier alpha value is -0.310. The van der Waals surface area contributed by atoms with Crippen LogP contribution in [0.25, 0.3) is 0 Å². The maximum absolute atomic E-state index is 10.5. The summed E-state index contributed by atoms with van der Waals surface area (Å²) in [6.45, 7) is 1.68. The number of rotatable bonds is 2. The summed E-state index contributed by atoms with van der Waals surface area (Å²) < 4.78 is 0. The molecule has 0 saturated carbocycles. The fraction of sp³-hybridized carbons (Fsp3) is 0.222. The fourth-order valence-electron chi connectivity index (χ4n) is 0.884. The Morgan fingerprint density at radius 3 is 2.33 bits per heavy atom. The molecule has 0 bridgehead atoms. The number of hydrogen-bond acceptors (Lipinski definition) is 1. The van der Waals surface area contributed by atoms with Crippen LogP contribution in [-0.2, 0) is 4.79 Å². The molecule has 0 amide bonds. The smallest absolute Gasteiger partial charge is 1.00 e. The Kier molecular flexibility index (Phi) is 5.22. The zero-order chi connectivity index (χ0) is 8.27. The molecule has 0 heterocycles. The molecule has 1 aromatic rings. The molecule has 1 atom stereocenters. The summed E-state index contributed by atoms with van der Waals surface area (Å²) in [7, 11) is 0. The van der Waals surface area contributed by atoms with Crippen molar-refractivity contribution in [2.24, 2.45) is 0 Å². The molecule has 1 rings (SSSR count). The Morgan fingerprint density at radius 1 is 1.42 bits per heavy atom. The first kappa shape index (κ1) is 11.7. The van der Waals surface area contributed by atoms with Gasteiger partial charge in [-0.1, -0.05) is 30.3 Å². The SMILES string of the molecule is CC(C(=O)O)c1ccccc1.[H-].[Na+]. The molecule has 0 aliphatic carbocycles. The Labute approximate surface area is 95.4 Å². The van der Waals surface area contributed by atoms with Gasteiger partial charge in [-0.2, -0.15) is 0 Å². The van der Waals surface area contributed by atoms with Gasteiger partial charge < -0.3 is 6.53 Å². The Bertz CT molecular complexity index is 251. The summed E-state index contributed by atoms with van der Waals surface area (Å²) in [6.07, 6.45) is 0. The van der Waals surface area contributed by atoms with Crippen LogP contribution in [0.5, 0.6) is 0 Å². The number of carboxylic acids is 1. The van der Waals surface area contributed by atoms with Crippen LogP contribution in [0.15, 0.2) is 30.3 Å². The summed E-state index contributed by atoms with van der Waals surface area (Å²) in [5, 5.41) is 8.64. The normalized spacial score (nSPS) is 11.4. The summed E-state index contributed by atoms with van der Waals surface area (Å²) in [5.74, 6) is -1.19. The molecule has 0 aromatic heterocycles. The van der Waals surface area contributed by atoms with Gasteiger partial charge in [-0.25, -0.2) is 0 Å². The molecule has 60 valence electrons. The van der Waals surface area contributed by atoms with Gasteiger partial charge >= 0.3 is 35.5 Å². The third-order valence-electron chi connectivity index (χ3n) is 1.67. The molecule has 3 heteroatoms. The van der Waals surface area contributed by atoms with E-state index in [1.807, 2.05) is 30.3 Å². The zero-order valence-electron chi connectivity index (χ0n) is 8.32. The number of aliphatic carboxylic acids is 1. The largest absolute Gasteiger partial charge is 1.00 e. The molecule has 0 spiro atoms. The van der Waals surface area contributed by atoms with Crippen LogP contribution in [0.1, 0.15) is 19.8 Å². The monoisotopic (exact) mass is 174 g/mol. The van der Waals surface area contributed by atoms with Crippen molar-refractivity contribution in [3.05, 3.63) is 35.9 Å². The van der Waals surface area contributed by atoms with Crippen LogP contribution in [-0.4, -0.2) is 11.1 Å². The van der Waals surface area contributed by atoms with Crippen LogP contribution in [0, 0.1) is 0 Å². The van der Waals surface area contributed by atoms with Gasteiger partial charge in [-0.05, 0) is 12.5 Å². The van der Waals surface area contributed by atoms with Crippen LogP contribution in [0.3, 0.4) is 0 Å². The van der Waals surface area contributed by atoms with Gasteiger partial charge in [0.2, 0.25) is 0 Å².